The van der Waals surface area contributed by atoms with Gasteiger partial charge in [0.25, 0.3) is 0 Å². The van der Waals surface area contributed by atoms with Crippen LogP contribution in [-0.4, -0.2) is 32.0 Å². The van der Waals surface area contributed by atoms with Crippen molar-refractivity contribution in [3.63, 3.8) is 0 Å². The van der Waals surface area contributed by atoms with Crippen molar-refractivity contribution in [2.75, 3.05) is 19.8 Å². The van der Waals surface area contributed by atoms with Crippen LogP contribution in [0.4, 0.5) is 0 Å². The van der Waals surface area contributed by atoms with Crippen molar-refractivity contribution in [1.82, 2.24) is 0 Å². The zero-order chi connectivity index (χ0) is 14.5. The first-order valence-electron chi connectivity index (χ1n) is 7.34. The molecule has 0 radical (unpaired) electrons. The minimum atomic E-state index is 0.287. The van der Waals surface area contributed by atoms with E-state index in [0.717, 1.165) is 5.75 Å². The summed E-state index contributed by atoms with van der Waals surface area (Å²) in [5.41, 5.74) is 2.41. The molecule has 2 aromatic rings. The van der Waals surface area contributed by atoms with Gasteiger partial charge in [-0.05, 0) is 30.2 Å². The van der Waals surface area contributed by atoms with Crippen LogP contribution in [0.25, 0.3) is 11.1 Å². The highest BCUT2D eigenvalue weighted by molar-refractivity contribution is 5.63. The molecule has 0 spiro atoms. The summed E-state index contributed by atoms with van der Waals surface area (Å²) < 4.78 is 16.4. The minimum absolute atomic E-state index is 0.287. The number of hydrogen-bond acceptors (Lipinski definition) is 3. The Bertz CT molecular complexity index is 550. The predicted octanol–water partition coefficient (Wildman–Crippen LogP) is 3.54. The fourth-order valence-electron chi connectivity index (χ4n) is 2.20. The van der Waals surface area contributed by atoms with E-state index in [9.17, 15) is 0 Å². The van der Waals surface area contributed by atoms with Gasteiger partial charge in [0.05, 0.1) is 19.3 Å². The molecule has 0 bridgehead atoms. The molecule has 0 N–H and O–H groups in total. The van der Waals surface area contributed by atoms with Gasteiger partial charge in [0.2, 0.25) is 0 Å². The summed E-state index contributed by atoms with van der Waals surface area (Å²) in [4.78, 5) is 0. The van der Waals surface area contributed by atoms with E-state index in [1.54, 1.807) is 0 Å². The lowest BCUT2D eigenvalue weighted by Crippen LogP contribution is -2.10. The number of epoxide rings is 1. The Hall–Kier alpha value is -1.84. The predicted molar refractivity (Wildman–Crippen MR) is 82.5 cm³/mol. The number of hydrogen-bond donors (Lipinski definition) is 0. The third kappa shape index (κ3) is 4.06. The van der Waals surface area contributed by atoms with E-state index in [4.69, 9.17) is 14.2 Å². The van der Waals surface area contributed by atoms with Gasteiger partial charge in [-0.2, -0.15) is 0 Å². The van der Waals surface area contributed by atoms with Crippen LogP contribution in [0.5, 0.6) is 5.75 Å². The summed E-state index contributed by atoms with van der Waals surface area (Å²) in [5.74, 6) is 0.870. The van der Waals surface area contributed by atoms with E-state index in [-0.39, 0.29) is 6.10 Å². The average Bonchev–Trinajstić information content (AvgIpc) is 3.24. The molecule has 110 valence electrons. The van der Waals surface area contributed by atoms with Crippen molar-refractivity contribution < 1.29 is 14.2 Å². The van der Waals surface area contributed by atoms with Crippen LogP contribution in [0.15, 0.2) is 54.6 Å². The van der Waals surface area contributed by atoms with Gasteiger partial charge < -0.3 is 14.2 Å². The van der Waals surface area contributed by atoms with Gasteiger partial charge in [-0.25, -0.2) is 0 Å². The molecule has 1 heterocycles. The van der Waals surface area contributed by atoms with E-state index >= 15 is 0 Å². The SMILES string of the molecule is CC1OC1COCCOc1ccc(-c2ccccc2)cc1. The van der Waals surface area contributed by atoms with E-state index in [1.165, 1.54) is 11.1 Å². The van der Waals surface area contributed by atoms with Gasteiger partial charge in [-0.15, -0.1) is 0 Å². The largest absolute Gasteiger partial charge is 0.491 e. The Kier molecular flexibility index (Phi) is 4.53. The Morgan fingerprint density at radius 2 is 1.57 bits per heavy atom. The quantitative estimate of drug-likeness (QED) is 0.575. The molecule has 2 aromatic carbocycles. The molecular weight excluding hydrogens is 264 g/mol. The van der Waals surface area contributed by atoms with E-state index < -0.39 is 0 Å². The van der Waals surface area contributed by atoms with Crippen LogP contribution in [0, 0.1) is 0 Å². The summed E-state index contributed by atoms with van der Waals surface area (Å²) in [6.45, 7) is 3.87. The molecule has 1 aliphatic heterocycles. The van der Waals surface area contributed by atoms with Gasteiger partial charge in [-0.1, -0.05) is 42.5 Å². The number of rotatable bonds is 7. The molecule has 0 aliphatic carbocycles. The van der Waals surface area contributed by atoms with Crippen LogP contribution in [0.2, 0.25) is 0 Å². The van der Waals surface area contributed by atoms with Gasteiger partial charge in [-0.3, -0.25) is 0 Å². The molecular formula is C18H20O3. The van der Waals surface area contributed by atoms with Crippen LogP contribution in [-0.2, 0) is 9.47 Å². The lowest BCUT2D eigenvalue weighted by atomic mass is 10.1. The molecule has 1 saturated heterocycles. The van der Waals surface area contributed by atoms with Crippen molar-refractivity contribution in [1.29, 1.82) is 0 Å². The average molecular weight is 284 g/mol. The Morgan fingerprint density at radius 1 is 0.905 bits per heavy atom. The summed E-state index contributed by atoms with van der Waals surface area (Å²) in [7, 11) is 0. The Morgan fingerprint density at radius 3 is 2.24 bits per heavy atom. The molecule has 3 heteroatoms. The molecule has 0 amide bonds. The number of ether oxygens (including phenoxy) is 3. The van der Waals surface area contributed by atoms with Crippen molar-refractivity contribution in [3.05, 3.63) is 54.6 Å². The maximum atomic E-state index is 5.66. The van der Waals surface area contributed by atoms with Crippen molar-refractivity contribution in [2.24, 2.45) is 0 Å². The van der Waals surface area contributed by atoms with Gasteiger partial charge >= 0.3 is 0 Å². The lowest BCUT2D eigenvalue weighted by Gasteiger charge is -2.07. The highest BCUT2D eigenvalue weighted by Crippen LogP contribution is 2.22. The van der Waals surface area contributed by atoms with Crippen molar-refractivity contribution in [2.45, 2.75) is 19.1 Å². The molecule has 0 aromatic heterocycles. The van der Waals surface area contributed by atoms with Crippen molar-refractivity contribution >= 4 is 0 Å². The van der Waals surface area contributed by atoms with E-state index in [2.05, 4.69) is 31.2 Å². The summed E-state index contributed by atoms with van der Waals surface area (Å²) in [6.07, 6.45) is 0.645. The maximum absolute atomic E-state index is 5.66. The van der Waals surface area contributed by atoms with E-state index in [0.29, 0.717) is 25.9 Å². The second-order valence-corrected chi connectivity index (χ2v) is 5.19. The van der Waals surface area contributed by atoms with Gasteiger partial charge in [0.15, 0.2) is 0 Å². The standard InChI is InChI=1S/C18H20O3/c1-14-18(21-14)13-19-11-12-20-17-9-7-16(8-10-17)15-5-3-2-4-6-15/h2-10,14,18H,11-13H2,1H3. The molecule has 1 fully saturated rings. The Labute approximate surface area is 125 Å². The van der Waals surface area contributed by atoms with Crippen LogP contribution in [0.1, 0.15) is 6.92 Å². The topological polar surface area (TPSA) is 31.0 Å². The highest BCUT2D eigenvalue weighted by atomic mass is 16.6. The molecule has 3 rings (SSSR count). The second-order valence-electron chi connectivity index (χ2n) is 5.19. The van der Waals surface area contributed by atoms with E-state index in [1.807, 2.05) is 30.3 Å². The fraction of sp³-hybridized carbons (Fsp3) is 0.333. The zero-order valence-corrected chi connectivity index (χ0v) is 12.2. The molecule has 2 atom stereocenters. The van der Waals surface area contributed by atoms with Crippen LogP contribution < -0.4 is 4.74 Å². The Balaban J connectivity index is 1.42. The smallest absolute Gasteiger partial charge is 0.119 e. The molecule has 2 unspecified atom stereocenters. The van der Waals surface area contributed by atoms with Gasteiger partial charge in [0, 0.05) is 0 Å². The second kappa shape index (κ2) is 6.74. The third-order valence-electron chi connectivity index (χ3n) is 3.58. The maximum Gasteiger partial charge on any atom is 0.119 e. The zero-order valence-electron chi connectivity index (χ0n) is 12.2. The van der Waals surface area contributed by atoms with Crippen molar-refractivity contribution in [3.8, 4) is 16.9 Å². The first-order chi connectivity index (χ1) is 10.3. The lowest BCUT2D eigenvalue weighted by molar-refractivity contribution is 0.0878. The highest BCUT2D eigenvalue weighted by Gasteiger charge is 2.33. The normalized spacial score (nSPS) is 20.2. The summed E-state index contributed by atoms with van der Waals surface area (Å²) in [6, 6.07) is 18.5. The fourth-order valence-corrected chi connectivity index (χ4v) is 2.20. The molecule has 21 heavy (non-hydrogen) atoms. The first kappa shape index (κ1) is 14.1. The molecule has 1 aliphatic rings. The number of benzene rings is 2. The van der Waals surface area contributed by atoms with Crippen LogP contribution in [0.3, 0.4) is 0 Å². The summed E-state index contributed by atoms with van der Waals surface area (Å²) >= 11 is 0. The monoisotopic (exact) mass is 284 g/mol. The molecule has 3 nitrogen and oxygen atoms in total. The third-order valence-corrected chi connectivity index (χ3v) is 3.58. The molecule has 0 saturated carbocycles. The first-order valence-corrected chi connectivity index (χ1v) is 7.34. The van der Waals surface area contributed by atoms with Gasteiger partial charge in [0.1, 0.15) is 18.5 Å². The van der Waals surface area contributed by atoms with Crippen LogP contribution >= 0.6 is 0 Å². The minimum Gasteiger partial charge on any atom is -0.491 e. The summed E-state index contributed by atoms with van der Waals surface area (Å²) in [5, 5.41) is 0.